The Bertz CT molecular complexity index is 1040. The number of rotatable bonds is 5. The maximum Gasteiger partial charge on any atom is 0.344 e. The number of sulfonamides is 1. The molecular formula is C21H23NO6S. The first-order valence-corrected chi connectivity index (χ1v) is 10.6. The zero-order valence-electron chi connectivity index (χ0n) is 16.5. The van der Waals surface area contributed by atoms with E-state index in [0.717, 1.165) is 5.56 Å². The number of carbonyl (C=O) groups excluding carboxylic acids is 2. The van der Waals surface area contributed by atoms with Crippen molar-refractivity contribution in [1.29, 1.82) is 0 Å². The lowest BCUT2D eigenvalue weighted by Crippen LogP contribution is -2.29. The number of anilines is 1. The average Bonchev–Trinajstić information content (AvgIpc) is 3.10. The van der Waals surface area contributed by atoms with Crippen molar-refractivity contribution < 1.29 is 27.5 Å². The van der Waals surface area contributed by atoms with Gasteiger partial charge in [-0.2, -0.15) is 0 Å². The number of esters is 2. The summed E-state index contributed by atoms with van der Waals surface area (Å²) in [5.74, 6) is -1.47. The van der Waals surface area contributed by atoms with Gasteiger partial charge in [0.15, 0.2) is 6.61 Å². The van der Waals surface area contributed by atoms with Crippen molar-refractivity contribution >= 4 is 27.6 Å². The summed E-state index contributed by atoms with van der Waals surface area (Å²) < 4.78 is 37.6. The minimum absolute atomic E-state index is 0.0130. The number of hydrogen-bond acceptors (Lipinski definition) is 6. The molecule has 0 spiro atoms. The van der Waals surface area contributed by atoms with Crippen LogP contribution >= 0.6 is 0 Å². The second-order valence-electron chi connectivity index (χ2n) is 7.65. The monoisotopic (exact) mass is 417 g/mol. The highest BCUT2D eigenvalue weighted by molar-refractivity contribution is 7.92. The van der Waals surface area contributed by atoms with Gasteiger partial charge in [-0.25, -0.2) is 18.0 Å². The van der Waals surface area contributed by atoms with Crippen molar-refractivity contribution in [3.63, 3.8) is 0 Å². The molecule has 29 heavy (non-hydrogen) atoms. The van der Waals surface area contributed by atoms with Gasteiger partial charge in [0.2, 0.25) is 0 Å². The molecule has 0 unspecified atom stereocenters. The third-order valence-corrected chi connectivity index (χ3v) is 6.05. The highest BCUT2D eigenvalue weighted by Crippen LogP contribution is 2.32. The second kappa shape index (κ2) is 7.87. The molecule has 8 heteroatoms. The Kier molecular flexibility index (Phi) is 5.66. The van der Waals surface area contributed by atoms with Crippen LogP contribution < -0.4 is 4.31 Å². The first-order chi connectivity index (χ1) is 13.6. The molecule has 154 valence electrons. The van der Waals surface area contributed by atoms with Gasteiger partial charge < -0.3 is 9.47 Å². The van der Waals surface area contributed by atoms with Crippen LogP contribution in [-0.2, 0) is 30.7 Å². The number of ether oxygens (including phenoxy) is 2. The number of benzene rings is 2. The Morgan fingerprint density at radius 2 is 1.79 bits per heavy atom. The summed E-state index contributed by atoms with van der Waals surface area (Å²) in [7, 11) is -3.83. The minimum Gasteiger partial charge on any atom is -0.457 e. The number of hydrogen-bond donors (Lipinski definition) is 0. The maximum absolute atomic E-state index is 13.1. The van der Waals surface area contributed by atoms with E-state index in [1.807, 2.05) is 12.1 Å². The van der Waals surface area contributed by atoms with E-state index < -0.39 is 34.2 Å². The van der Waals surface area contributed by atoms with Gasteiger partial charge in [0.1, 0.15) is 5.60 Å². The zero-order valence-corrected chi connectivity index (χ0v) is 17.4. The quantitative estimate of drug-likeness (QED) is 0.695. The third-order valence-electron chi connectivity index (χ3n) is 4.24. The van der Waals surface area contributed by atoms with Crippen LogP contribution in [0.5, 0.6) is 0 Å². The molecule has 2 aromatic rings. The van der Waals surface area contributed by atoms with Crippen LogP contribution in [0.4, 0.5) is 5.69 Å². The molecule has 2 aromatic carbocycles. The number of para-hydroxylation sites is 1. The van der Waals surface area contributed by atoms with Crippen molar-refractivity contribution in [1.82, 2.24) is 0 Å². The van der Waals surface area contributed by atoms with Gasteiger partial charge in [-0.3, -0.25) is 4.31 Å². The molecule has 0 aromatic heterocycles. The third kappa shape index (κ3) is 4.76. The van der Waals surface area contributed by atoms with Crippen LogP contribution in [0.15, 0.2) is 53.4 Å². The summed E-state index contributed by atoms with van der Waals surface area (Å²) in [6.07, 6.45) is 0.632. The Morgan fingerprint density at radius 3 is 2.52 bits per heavy atom. The molecule has 0 saturated carbocycles. The molecular weight excluding hydrogens is 394 g/mol. The van der Waals surface area contributed by atoms with Crippen molar-refractivity contribution in [3.8, 4) is 0 Å². The van der Waals surface area contributed by atoms with Crippen LogP contribution in [0.3, 0.4) is 0 Å². The van der Waals surface area contributed by atoms with Gasteiger partial charge in [0, 0.05) is 6.54 Å². The smallest absolute Gasteiger partial charge is 0.344 e. The second-order valence-corrected chi connectivity index (χ2v) is 9.51. The van der Waals surface area contributed by atoms with Gasteiger partial charge in [0.25, 0.3) is 10.0 Å². The normalized spacial score (nSPS) is 13.7. The molecule has 0 radical (unpaired) electrons. The van der Waals surface area contributed by atoms with E-state index in [9.17, 15) is 18.0 Å². The maximum atomic E-state index is 13.1. The molecule has 1 heterocycles. The SMILES string of the molecule is CC(C)(C)OC(=O)COC(=O)c1cccc(S(=O)(=O)N2CCc3ccccc32)c1. The summed E-state index contributed by atoms with van der Waals surface area (Å²) in [5.41, 5.74) is 0.959. The molecule has 0 fully saturated rings. The largest absolute Gasteiger partial charge is 0.457 e. The molecule has 0 bridgehead atoms. The molecule has 0 aliphatic carbocycles. The van der Waals surface area contributed by atoms with E-state index in [-0.39, 0.29) is 10.5 Å². The number of fused-ring (bicyclic) bond motifs is 1. The lowest BCUT2D eigenvalue weighted by molar-refractivity contribution is -0.158. The fourth-order valence-corrected chi connectivity index (χ4v) is 4.60. The van der Waals surface area contributed by atoms with Crippen molar-refractivity contribution in [2.24, 2.45) is 0 Å². The van der Waals surface area contributed by atoms with E-state index >= 15 is 0 Å². The van der Waals surface area contributed by atoms with Crippen molar-refractivity contribution in [2.75, 3.05) is 17.5 Å². The Hall–Kier alpha value is -2.87. The van der Waals surface area contributed by atoms with Crippen LogP contribution in [0.1, 0.15) is 36.7 Å². The van der Waals surface area contributed by atoms with Crippen LogP contribution in [-0.4, -0.2) is 39.1 Å². The number of nitrogens with zero attached hydrogens (tertiary/aromatic N) is 1. The summed E-state index contributed by atoms with van der Waals surface area (Å²) in [6, 6.07) is 12.9. The first kappa shape index (κ1) is 20.9. The van der Waals surface area contributed by atoms with E-state index in [2.05, 4.69) is 0 Å². The Labute approximate surface area is 170 Å². The van der Waals surface area contributed by atoms with Gasteiger partial charge in [0.05, 0.1) is 16.1 Å². The predicted molar refractivity (Wildman–Crippen MR) is 107 cm³/mol. The summed E-state index contributed by atoms with van der Waals surface area (Å²) >= 11 is 0. The van der Waals surface area contributed by atoms with Crippen molar-refractivity contribution in [3.05, 3.63) is 59.7 Å². The molecule has 7 nitrogen and oxygen atoms in total. The van der Waals surface area contributed by atoms with Gasteiger partial charge in [-0.15, -0.1) is 0 Å². The highest BCUT2D eigenvalue weighted by Gasteiger charge is 2.31. The molecule has 0 amide bonds. The topological polar surface area (TPSA) is 90.0 Å². The summed E-state index contributed by atoms with van der Waals surface area (Å²) in [5, 5.41) is 0. The van der Waals surface area contributed by atoms with E-state index in [0.29, 0.717) is 18.7 Å². The molecule has 0 atom stereocenters. The fraction of sp³-hybridized carbons (Fsp3) is 0.333. The van der Waals surface area contributed by atoms with Gasteiger partial charge in [-0.1, -0.05) is 24.3 Å². The van der Waals surface area contributed by atoms with Crippen LogP contribution in [0, 0.1) is 0 Å². The lowest BCUT2D eigenvalue weighted by Gasteiger charge is -2.20. The van der Waals surface area contributed by atoms with E-state index in [4.69, 9.17) is 9.47 Å². The van der Waals surface area contributed by atoms with E-state index in [1.54, 1.807) is 32.9 Å². The fourth-order valence-electron chi connectivity index (χ4n) is 3.05. The molecule has 1 aliphatic rings. The Balaban J connectivity index is 1.76. The first-order valence-electron chi connectivity index (χ1n) is 9.17. The molecule has 1 aliphatic heterocycles. The van der Waals surface area contributed by atoms with Gasteiger partial charge >= 0.3 is 11.9 Å². The Morgan fingerprint density at radius 1 is 1.07 bits per heavy atom. The summed E-state index contributed by atoms with van der Waals surface area (Å²) in [4.78, 5) is 24.0. The van der Waals surface area contributed by atoms with Crippen LogP contribution in [0.25, 0.3) is 0 Å². The molecule has 3 rings (SSSR count). The lowest BCUT2D eigenvalue weighted by atomic mass is 10.2. The standard InChI is InChI=1S/C21H23NO6S/c1-21(2,3)28-19(23)14-27-20(24)16-8-6-9-17(13-16)29(25,26)22-12-11-15-7-4-5-10-18(15)22/h4-10,13H,11-12,14H2,1-3H3. The van der Waals surface area contributed by atoms with E-state index in [1.165, 1.54) is 28.6 Å². The average molecular weight is 417 g/mol. The predicted octanol–water partition coefficient (Wildman–Crippen LogP) is 2.94. The summed E-state index contributed by atoms with van der Waals surface area (Å²) in [6.45, 7) is 4.91. The molecule has 0 saturated heterocycles. The number of carbonyl (C=O) groups is 2. The van der Waals surface area contributed by atoms with Crippen molar-refractivity contribution in [2.45, 2.75) is 37.7 Å². The molecule has 0 N–H and O–H groups in total. The van der Waals surface area contributed by atoms with Gasteiger partial charge in [-0.05, 0) is 57.0 Å². The van der Waals surface area contributed by atoms with Crippen LogP contribution in [0.2, 0.25) is 0 Å². The highest BCUT2D eigenvalue weighted by atomic mass is 32.2. The zero-order chi connectivity index (χ0) is 21.2. The minimum atomic E-state index is -3.83.